The fraction of sp³-hybridized carbons (Fsp3) is 0.750. The average Bonchev–Trinajstić information content (AvgIpc) is 1.65. The van der Waals surface area contributed by atoms with E-state index in [4.69, 9.17) is 9.47 Å². The molecule has 0 atom stereocenters. The summed E-state index contributed by atoms with van der Waals surface area (Å²) in [5.74, 6) is 0. The van der Waals surface area contributed by atoms with E-state index in [2.05, 4.69) is 31.9 Å². The Morgan fingerprint density at radius 1 is 1.25 bits per heavy atom. The van der Waals surface area contributed by atoms with Gasteiger partial charge in [0.15, 0.2) is 0 Å². The molecule has 0 bridgehead atoms. The van der Waals surface area contributed by atoms with E-state index in [1.54, 1.807) is 0 Å². The van der Waals surface area contributed by atoms with Gasteiger partial charge in [-0.15, -0.1) is 0 Å². The second-order valence-corrected chi connectivity index (χ2v) is 5.67. The SMILES string of the molecule is BrC1(Br)CO[CH]OC1. The lowest BCUT2D eigenvalue weighted by atomic mass is 10.5. The van der Waals surface area contributed by atoms with Gasteiger partial charge in [0.05, 0.1) is 13.2 Å². The number of alkyl halides is 2. The lowest BCUT2D eigenvalue weighted by molar-refractivity contribution is -0.0273. The maximum absolute atomic E-state index is 4.84. The van der Waals surface area contributed by atoms with E-state index in [9.17, 15) is 0 Å². The summed E-state index contributed by atoms with van der Waals surface area (Å²) in [4.78, 5) is 0. The van der Waals surface area contributed by atoms with Crippen molar-refractivity contribution in [1.29, 1.82) is 0 Å². The molecule has 1 heterocycles. The molecule has 1 saturated heterocycles. The van der Waals surface area contributed by atoms with Crippen molar-refractivity contribution < 1.29 is 9.47 Å². The van der Waals surface area contributed by atoms with Crippen molar-refractivity contribution in [3.63, 3.8) is 0 Å². The monoisotopic (exact) mass is 243 g/mol. The van der Waals surface area contributed by atoms with Crippen molar-refractivity contribution in [2.45, 2.75) is 3.23 Å². The summed E-state index contributed by atoms with van der Waals surface area (Å²) in [5, 5.41) is 0. The molecule has 0 aromatic rings. The first-order valence-electron chi connectivity index (χ1n) is 2.13. The molecule has 0 unspecified atom stereocenters. The smallest absolute Gasteiger partial charge is 0.209 e. The summed E-state index contributed by atoms with van der Waals surface area (Å²) < 4.78 is 9.52. The van der Waals surface area contributed by atoms with Gasteiger partial charge in [-0.05, 0) is 0 Å². The molecule has 1 rings (SSSR count). The first-order valence-corrected chi connectivity index (χ1v) is 3.72. The molecule has 2 nitrogen and oxygen atoms in total. The van der Waals surface area contributed by atoms with E-state index >= 15 is 0 Å². The van der Waals surface area contributed by atoms with Crippen molar-refractivity contribution in [2.75, 3.05) is 13.2 Å². The van der Waals surface area contributed by atoms with Gasteiger partial charge in [0.1, 0.15) is 3.23 Å². The van der Waals surface area contributed by atoms with Crippen LogP contribution in [0.5, 0.6) is 0 Å². The minimum absolute atomic E-state index is 0.172. The van der Waals surface area contributed by atoms with E-state index in [0.717, 1.165) is 0 Å². The van der Waals surface area contributed by atoms with Crippen LogP contribution in [0.1, 0.15) is 0 Å². The molecule has 0 amide bonds. The second-order valence-electron chi connectivity index (χ2n) is 1.57. The van der Waals surface area contributed by atoms with Gasteiger partial charge in [0.2, 0.25) is 6.79 Å². The van der Waals surface area contributed by atoms with Gasteiger partial charge < -0.3 is 9.47 Å². The van der Waals surface area contributed by atoms with E-state index in [1.807, 2.05) is 0 Å². The van der Waals surface area contributed by atoms with Crippen LogP contribution in [0.4, 0.5) is 0 Å². The largest absolute Gasteiger partial charge is 0.345 e. The van der Waals surface area contributed by atoms with E-state index in [-0.39, 0.29) is 3.23 Å². The fourth-order valence-electron chi connectivity index (χ4n) is 0.402. The lowest BCUT2D eigenvalue weighted by Gasteiger charge is -2.24. The van der Waals surface area contributed by atoms with E-state index in [1.165, 1.54) is 6.79 Å². The van der Waals surface area contributed by atoms with E-state index < -0.39 is 0 Å². The van der Waals surface area contributed by atoms with Crippen LogP contribution in [0.2, 0.25) is 0 Å². The molecule has 4 heteroatoms. The zero-order valence-corrected chi connectivity index (χ0v) is 7.24. The van der Waals surface area contributed by atoms with Gasteiger partial charge in [-0.1, -0.05) is 31.9 Å². The van der Waals surface area contributed by atoms with Crippen molar-refractivity contribution in [1.82, 2.24) is 0 Å². The third kappa shape index (κ3) is 2.01. The highest BCUT2D eigenvalue weighted by atomic mass is 79.9. The molecule has 0 saturated carbocycles. The normalized spacial score (nSPS) is 27.8. The topological polar surface area (TPSA) is 18.5 Å². The van der Waals surface area contributed by atoms with Crippen molar-refractivity contribution in [2.24, 2.45) is 0 Å². The zero-order chi connectivity index (χ0) is 6.04. The van der Waals surface area contributed by atoms with Crippen LogP contribution >= 0.6 is 31.9 Å². The van der Waals surface area contributed by atoms with Crippen LogP contribution < -0.4 is 0 Å². The molecule has 1 aliphatic heterocycles. The van der Waals surface area contributed by atoms with Crippen LogP contribution in [-0.4, -0.2) is 16.4 Å². The van der Waals surface area contributed by atoms with Crippen LogP contribution in [-0.2, 0) is 9.47 Å². The molecule has 1 radical (unpaired) electrons. The number of hydrogen-bond donors (Lipinski definition) is 0. The zero-order valence-electron chi connectivity index (χ0n) is 4.06. The van der Waals surface area contributed by atoms with Crippen LogP contribution in [0.25, 0.3) is 0 Å². The highest BCUT2D eigenvalue weighted by Gasteiger charge is 2.26. The highest BCUT2D eigenvalue weighted by Crippen LogP contribution is 2.29. The summed E-state index contributed by atoms with van der Waals surface area (Å²) in [6.07, 6.45) is 0. The lowest BCUT2D eigenvalue weighted by Crippen LogP contribution is -2.30. The summed E-state index contributed by atoms with van der Waals surface area (Å²) in [5.41, 5.74) is 0. The Morgan fingerprint density at radius 2 is 1.75 bits per heavy atom. The summed E-state index contributed by atoms with van der Waals surface area (Å²) >= 11 is 6.68. The average molecular weight is 245 g/mol. The minimum Gasteiger partial charge on any atom is -0.345 e. The molecule has 47 valence electrons. The Hall–Kier alpha value is 0.880. The Bertz CT molecular complexity index is 76.1. The van der Waals surface area contributed by atoms with Gasteiger partial charge in [0, 0.05) is 0 Å². The van der Waals surface area contributed by atoms with Gasteiger partial charge in [-0.2, -0.15) is 0 Å². The summed E-state index contributed by atoms with van der Waals surface area (Å²) in [6, 6.07) is 0. The van der Waals surface area contributed by atoms with Crippen LogP contribution in [0, 0.1) is 6.79 Å². The molecule has 0 aromatic carbocycles. The summed E-state index contributed by atoms with van der Waals surface area (Å²) in [6.45, 7) is 2.56. The van der Waals surface area contributed by atoms with Crippen molar-refractivity contribution in [3.8, 4) is 0 Å². The molecule has 0 spiro atoms. The van der Waals surface area contributed by atoms with Gasteiger partial charge in [-0.3, -0.25) is 0 Å². The third-order valence-electron chi connectivity index (χ3n) is 0.725. The predicted molar refractivity (Wildman–Crippen MR) is 36.8 cm³/mol. The maximum Gasteiger partial charge on any atom is 0.209 e. The molecule has 0 aliphatic carbocycles. The Morgan fingerprint density at radius 3 is 2.00 bits per heavy atom. The molecule has 8 heavy (non-hydrogen) atoms. The van der Waals surface area contributed by atoms with Crippen LogP contribution in [0.15, 0.2) is 0 Å². The highest BCUT2D eigenvalue weighted by molar-refractivity contribution is 9.25. The predicted octanol–water partition coefficient (Wildman–Crippen LogP) is 1.64. The summed E-state index contributed by atoms with van der Waals surface area (Å²) in [7, 11) is 0. The minimum atomic E-state index is -0.172. The molecule has 0 aromatic heterocycles. The quantitative estimate of drug-likeness (QED) is 0.604. The Labute approximate surface area is 64.8 Å². The Kier molecular flexibility index (Phi) is 2.31. The molecule has 1 aliphatic rings. The first-order chi connectivity index (χ1) is 3.71. The maximum atomic E-state index is 4.84. The van der Waals surface area contributed by atoms with Crippen molar-refractivity contribution in [3.05, 3.63) is 6.79 Å². The van der Waals surface area contributed by atoms with Crippen LogP contribution in [0.3, 0.4) is 0 Å². The van der Waals surface area contributed by atoms with Gasteiger partial charge in [-0.25, -0.2) is 0 Å². The first kappa shape index (κ1) is 6.99. The second kappa shape index (κ2) is 2.64. The van der Waals surface area contributed by atoms with E-state index in [0.29, 0.717) is 13.2 Å². The fourth-order valence-corrected chi connectivity index (χ4v) is 0.930. The standard InChI is InChI=1S/C4H5Br2O2/c5-4(6)1-7-3-8-2-4/h3H,1-2H2. The van der Waals surface area contributed by atoms with Gasteiger partial charge in [0.25, 0.3) is 0 Å². The van der Waals surface area contributed by atoms with Gasteiger partial charge >= 0.3 is 0 Å². The number of ether oxygens (including phenoxy) is 2. The molecule has 1 fully saturated rings. The number of hydrogen-bond acceptors (Lipinski definition) is 2. The van der Waals surface area contributed by atoms with Crippen molar-refractivity contribution >= 4 is 31.9 Å². The number of halogens is 2. The Balaban J connectivity index is 2.33. The molecule has 0 N–H and O–H groups in total. The number of rotatable bonds is 0. The third-order valence-corrected chi connectivity index (χ3v) is 1.64. The molecular weight excluding hydrogens is 240 g/mol. The molecular formula is C4H5Br2O2.